The number of thiazole rings is 1. The van der Waals surface area contributed by atoms with E-state index in [9.17, 15) is 4.79 Å². The molecule has 1 aromatic heterocycles. The highest BCUT2D eigenvalue weighted by molar-refractivity contribution is 7.14. The highest BCUT2D eigenvalue weighted by Gasteiger charge is 2.45. The number of ether oxygens (including phenoxy) is 2. The molecule has 156 valence electrons. The topological polar surface area (TPSA) is 63.7 Å². The van der Waals surface area contributed by atoms with Gasteiger partial charge in [-0.05, 0) is 75.9 Å². The lowest BCUT2D eigenvalue weighted by atomic mass is 9.74. The predicted octanol–water partition coefficient (Wildman–Crippen LogP) is 4.04. The molecule has 0 unspecified atom stereocenters. The molecule has 1 aromatic carbocycles. The maximum absolute atomic E-state index is 12.5. The van der Waals surface area contributed by atoms with E-state index in [-0.39, 0.29) is 11.5 Å². The van der Waals surface area contributed by atoms with Crippen molar-refractivity contribution < 1.29 is 14.3 Å². The van der Waals surface area contributed by atoms with Crippen LogP contribution in [0.1, 0.15) is 33.1 Å². The van der Waals surface area contributed by atoms with Crippen molar-refractivity contribution in [1.29, 1.82) is 0 Å². The van der Waals surface area contributed by atoms with Crippen LogP contribution in [0.2, 0.25) is 0 Å². The number of nitrogens with zero attached hydrogens (tertiary/aromatic N) is 2. The fourth-order valence-corrected chi connectivity index (χ4v) is 5.18. The molecule has 2 fully saturated rings. The number of hydrogen-bond acceptors (Lipinski definition) is 6. The number of aromatic nitrogens is 1. The SMILES string of the molecule is COc1ccc(-c2csc(NC(=O)CN3CCC4(CC3)COC(C)(C)C4)n2)cc1. The minimum atomic E-state index is -0.00796. The molecule has 1 amide bonds. The van der Waals surface area contributed by atoms with Gasteiger partial charge in [0.05, 0.1) is 31.6 Å². The van der Waals surface area contributed by atoms with Crippen LogP contribution in [-0.2, 0) is 9.53 Å². The number of amides is 1. The summed E-state index contributed by atoms with van der Waals surface area (Å²) in [6, 6.07) is 7.76. The van der Waals surface area contributed by atoms with Crippen molar-refractivity contribution in [1.82, 2.24) is 9.88 Å². The van der Waals surface area contributed by atoms with Gasteiger partial charge in [0.2, 0.25) is 5.91 Å². The molecule has 6 nitrogen and oxygen atoms in total. The van der Waals surface area contributed by atoms with Crippen LogP contribution >= 0.6 is 11.3 Å². The first-order valence-electron chi connectivity index (χ1n) is 10.1. The van der Waals surface area contributed by atoms with Gasteiger partial charge in [-0.15, -0.1) is 11.3 Å². The van der Waals surface area contributed by atoms with E-state index in [2.05, 4.69) is 29.0 Å². The van der Waals surface area contributed by atoms with Crippen molar-refractivity contribution in [2.75, 3.05) is 38.7 Å². The van der Waals surface area contributed by atoms with E-state index in [1.807, 2.05) is 29.6 Å². The zero-order chi connectivity index (χ0) is 20.5. The second-order valence-corrected chi connectivity index (χ2v) is 9.67. The molecule has 0 radical (unpaired) electrons. The van der Waals surface area contributed by atoms with Gasteiger partial charge in [-0.2, -0.15) is 0 Å². The number of nitrogens with one attached hydrogen (secondary N) is 1. The molecular formula is C22H29N3O3S. The number of carbonyl (C=O) groups is 1. The summed E-state index contributed by atoms with van der Waals surface area (Å²) in [6.45, 7) is 7.51. The van der Waals surface area contributed by atoms with E-state index in [1.54, 1.807) is 7.11 Å². The second-order valence-electron chi connectivity index (χ2n) is 8.82. The van der Waals surface area contributed by atoms with Gasteiger partial charge in [-0.25, -0.2) is 4.98 Å². The van der Waals surface area contributed by atoms with Crippen LogP contribution < -0.4 is 10.1 Å². The van der Waals surface area contributed by atoms with Gasteiger partial charge in [0.15, 0.2) is 5.13 Å². The van der Waals surface area contributed by atoms with Gasteiger partial charge in [0.1, 0.15) is 5.75 Å². The molecule has 4 rings (SSSR count). The number of carbonyl (C=O) groups excluding carboxylic acids is 1. The zero-order valence-corrected chi connectivity index (χ0v) is 18.2. The molecule has 0 aliphatic carbocycles. The number of hydrogen-bond donors (Lipinski definition) is 1. The van der Waals surface area contributed by atoms with Gasteiger partial charge in [-0.3, -0.25) is 9.69 Å². The Hall–Kier alpha value is -1.96. The maximum Gasteiger partial charge on any atom is 0.240 e. The third-order valence-electron chi connectivity index (χ3n) is 5.99. The zero-order valence-electron chi connectivity index (χ0n) is 17.4. The lowest BCUT2D eigenvalue weighted by Gasteiger charge is -2.38. The number of anilines is 1. The minimum Gasteiger partial charge on any atom is -0.497 e. The van der Waals surface area contributed by atoms with Crippen molar-refractivity contribution in [3.63, 3.8) is 0 Å². The molecule has 0 bridgehead atoms. The minimum absolute atomic E-state index is 0.000386. The highest BCUT2D eigenvalue weighted by atomic mass is 32.1. The van der Waals surface area contributed by atoms with Crippen LogP contribution in [-0.4, -0.2) is 54.7 Å². The Kier molecular flexibility index (Phi) is 5.64. The fourth-order valence-electron chi connectivity index (χ4n) is 4.45. The molecule has 3 heterocycles. The van der Waals surface area contributed by atoms with E-state index in [0.717, 1.165) is 56.0 Å². The number of rotatable bonds is 5. The number of methoxy groups -OCH3 is 1. The van der Waals surface area contributed by atoms with Crippen LogP contribution in [0.25, 0.3) is 11.3 Å². The molecule has 7 heteroatoms. The summed E-state index contributed by atoms with van der Waals surface area (Å²) >= 11 is 1.45. The van der Waals surface area contributed by atoms with Crippen molar-refractivity contribution in [3.05, 3.63) is 29.6 Å². The largest absolute Gasteiger partial charge is 0.497 e. The van der Waals surface area contributed by atoms with Gasteiger partial charge in [-0.1, -0.05) is 0 Å². The lowest BCUT2D eigenvalue weighted by molar-refractivity contribution is -0.117. The Labute approximate surface area is 176 Å². The Morgan fingerprint density at radius 2 is 2.00 bits per heavy atom. The van der Waals surface area contributed by atoms with Gasteiger partial charge >= 0.3 is 0 Å². The Balaban J connectivity index is 1.28. The summed E-state index contributed by atoms with van der Waals surface area (Å²) in [6.07, 6.45) is 3.32. The molecule has 0 atom stereocenters. The second kappa shape index (κ2) is 8.05. The van der Waals surface area contributed by atoms with E-state index in [0.29, 0.717) is 17.1 Å². The first kappa shape index (κ1) is 20.3. The van der Waals surface area contributed by atoms with Gasteiger partial charge in [0.25, 0.3) is 0 Å². The monoisotopic (exact) mass is 415 g/mol. The van der Waals surface area contributed by atoms with Crippen LogP contribution in [0, 0.1) is 5.41 Å². The summed E-state index contributed by atoms with van der Waals surface area (Å²) < 4.78 is 11.2. The van der Waals surface area contributed by atoms with Crippen LogP contribution in [0.4, 0.5) is 5.13 Å². The maximum atomic E-state index is 12.5. The standard InChI is InChI=1S/C22H29N3O3S/c1-21(2)14-22(15-28-21)8-10-25(11-9-22)12-19(26)24-20-23-18(13-29-20)16-4-6-17(27-3)7-5-16/h4-7,13H,8-12,14-15H2,1-3H3,(H,23,24,26). The molecule has 2 aliphatic rings. The lowest BCUT2D eigenvalue weighted by Crippen LogP contribution is -2.44. The molecule has 0 saturated carbocycles. The van der Waals surface area contributed by atoms with Gasteiger partial charge < -0.3 is 14.8 Å². The van der Waals surface area contributed by atoms with E-state index < -0.39 is 0 Å². The third-order valence-corrected chi connectivity index (χ3v) is 6.75. The van der Waals surface area contributed by atoms with Crippen LogP contribution in [0.5, 0.6) is 5.75 Å². The fraction of sp³-hybridized carbons (Fsp3) is 0.545. The normalized spacial score (nSPS) is 20.7. The van der Waals surface area contributed by atoms with Gasteiger partial charge in [0, 0.05) is 10.9 Å². The summed E-state index contributed by atoms with van der Waals surface area (Å²) in [7, 11) is 1.65. The molecule has 2 saturated heterocycles. The quantitative estimate of drug-likeness (QED) is 0.799. The molecule has 1 spiro atoms. The van der Waals surface area contributed by atoms with Crippen molar-refractivity contribution >= 4 is 22.4 Å². The van der Waals surface area contributed by atoms with Crippen LogP contribution in [0.15, 0.2) is 29.6 Å². The number of piperidine rings is 1. The van der Waals surface area contributed by atoms with Crippen molar-refractivity contribution in [2.45, 2.75) is 38.7 Å². The molecule has 2 aromatic rings. The molecule has 2 aliphatic heterocycles. The predicted molar refractivity (Wildman–Crippen MR) is 115 cm³/mol. The smallest absolute Gasteiger partial charge is 0.240 e. The first-order chi connectivity index (χ1) is 13.9. The van der Waals surface area contributed by atoms with E-state index >= 15 is 0 Å². The third kappa shape index (κ3) is 4.79. The molecular weight excluding hydrogens is 386 g/mol. The Morgan fingerprint density at radius 1 is 1.28 bits per heavy atom. The summed E-state index contributed by atoms with van der Waals surface area (Å²) in [5.41, 5.74) is 2.16. The van der Waals surface area contributed by atoms with Crippen LogP contribution in [0.3, 0.4) is 0 Å². The van der Waals surface area contributed by atoms with Crippen molar-refractivity contribution in [2.24, 2.45) is 5.41 Å². The summed E-state index contributed by atoms with van der Waals surface area (Å²) in [4.78, 5) is 19.3. The summed E-state index contributed by atoms with van der Waals surface area (Å²) in [5, 5.41) is 5.55. The summed E-state index contributed by atoms with van der Waals surface area (Å²) in [5.74, 6) is 0.813. The number of likely N-dealkylation sites (tertiary alicyclic amines) is 1. The molecule has 1 N–H and O–H groups in total. The van der Waals surface area contributed by atoms with Crippen molar-refractivity contribution in [3.8, 4) is 17.0 Å². The van der Waals surface area contributed by atoms with E-state index in [4.69, 9.17) is 9.47 Å². The Bertz CT molecular complexity index is 854. The number of benzene rings is 1. The molecule has 29 heavy (non-hydrogen) atoms. The Morgan fingerprint density at radius 3 is 2.62 bits per heavy atom. The highest BCUT2D eigenvalue weighted by Crippen LogP contribution is 2.46. The average molecular weight is 416 g/mol. The first-order valence-corrected chi connectivity index (χ1v) is 11.0. The average Bonchev–Trinajstić information content (AvgIpc) is 3.28. The van der Waals surface area contributed by atoms with E-state index in [1.165, 1.54) is 11.3 Å².